The van der Waals surface area contributed by atoms with Gasteiger partial charge in [-0.05, 0) is 55.3 Å². The molecule has 1 amide bonds. The van der Waals surface area contributed by atoms with Crippen molar-refractivity contribution in [2.24, 2.45) is 0 Å². The summed E-state index contributed by atoms with van der Waals surface area (Å²) in [5.41, 5.74) is 2.37. The van der Waals surface area contributed by atoms with Crippen LogP contribution < -0.4 is 10.2 Å². The molecule has 0 aliphatic carbocycles. The number of anilines is 1. The SMILES string of the molecule is CC1CN(c2cccc([C@H](C)NC(=O)C=Cc3cc(F)cc(F)c3)c2)CCO1. The summed E-state index contributed by atoms with van der Waals surface area (Å²) in [7, 11) is 0. The van der Waals surface area contributed by atoms with Crippen molar-refractivity contribution < 1.29 is 18.3 Å². The molecular weight excluding hydrogens is 362 g/mol. The maximum atomic E-state index is 13.2. The minimum atomic E-state index is -0.678. The standard InChI is InChI=1S/C22H24F2N2O2/c1-15-14-26(8-9-28-15)21-5-3-4-18(12-21)16(2)25-22(27)7-6-17-10-19(23)13-20(24)11-17/h3-7,10-13,15-16H,8-9,14H2,1-2H3,(H,25,27)/t15?,16-/m0/s1. The van der Waals surface area contributed by atoms with Crippen LogP contribution in [-0.2, 0) is 9.53 Å². The number of amides is 1. The van der Waals surface area contributed by atoms with E-state index in [1.807, 2.05) is 19.1 Å². The summed E-state index contributed by atoms with van der Waals surface area (Å²) >= 11 is 0. The first-order chi connectivity index (χ1) is 13.4. The van der Waals surface area contributed by atoms with Gasteiger partial charge in [-0.25, -0.2) is 8.78 Å². The van der Waals surface area contributed by atoms with E-state index in [1.165, 1.54) is 24.3 Å². The van der Waals surface area contributed by atoms with E-state index in [1.54, 1.807) is 0 Å². The molecule has 28 heavy (non-hydrogen) atoms. The number of nitrogens with one attached hydrogen (secondary N) is 1. The van der Waals surface area contributed by atoms with Crippen molar-refractivity contribution in [3.63, 3.8) is 0 Å². The largest absolute Gasteiger partial charge is 0.375 e. The van der Waals surface area contributed by atoms with Gasteiger partial charge in [-0.2, -0.15) is 0 Å². The molecule has 0 bridgehead atoms. The fourth-order valence-corrected chi connectivity index (χ4v) is 3.23. The maximum Gasteiger partial charge on any atom is 0.244 e. The predicted molar refractivity (Wildman–Crippen MR) is 106 cm³/mol. The first-order valence-electron chi connectivity index (χ1n) is 9.32. The highest BCUT2D eigenvalue weighted by atomic mass is 19.1. The number of carbonyl (C=O) groups excluding carboxylic acids is 1. The molecule has 0 aromatic heterocycles. The van der Waals surface area contributed by atoms with Gasteiger partial charge in [0.1, 0.15) is 11.6 Å². The molecule has 1 fully saturated rings. The van der Waals surface area contributed by atoms with Gasteiger partial charge in [-0.1, -0.05) is 12.1 Å². The average Bonchev–Trinajstić information content (AvgIpc) is 2.66. The van der Waals surface area contributed by atoms with E-state index in [0.29, 0.717) is 12.2 Å². The van der Waals surface area contributed by atoms with E-state index in [0.717, 1.165) is 30.4 Å². The van der Waals surface area contributed by atoms with Crippen LogP contribution in [0.3, 0.4) is 0 Å². The molecule has 0 spiro atoms. The normalized spacial score (nSPS) is 18.3. The van der Waals surface area contributed by atoms with Gasteiger partial charge in [0.2, 0.25) is 5.91 Å². The molecule has 1 N–H and O–H groups in total. The highest BCUT2D eigenvalue weighted by molar-refractivity contribution is 5.92. The second-order valence-corrected chi connectivity index (χ2v) is 6.99. The van der Waals surface area contributed by atoms with Crippen LogP contribution in [0.2, 0.25) is 0 Å². The number of halogens is 2. The lowest BCUT2D eigenvalue weighted by molar-refractivity contribution is -0.117. The van der Waals surface area contributed by atoms with E-state index in [9.17, 15) is 13.6 Å². The molecule has 0 saturated carbocycles. The van der Waals surface area contributed by atoms with Gasteiger partial charge < -0.3 is 15.0 Å². The van der Waals surface area contributed by atoms with Crippen LogP contribution in [-0.4, -0.2) is 31.7 Å². The van der Waals surface area contributed by atoms with E-state index in [-0.39, 0.29) is 18.1 Å². The van der Waals surface area contributed by atoms with Crippen molar-refractivity contribution in [2.45, 2.75) is 26.0 Å². The lowest BCUT2D eigenvalue weighted by atomic mass is 10.1. The van der Waals surface area contributed by atoms with Crippen LogP contribution in [0.4, 0.5) is 14.5 Å². The molecule has 1 aliphatic heterocycles. The number of ether oxygens (including phenoxy) is 1. The fraction of sp³-hybridized carbons (Fsp3) is 0.318. The highest BCUT2D eigenvalue weighted by Crippen LogP contribution is 2.22. The highest BCUT2D eigenvalue weighted by Gasteiger charge is 2.18. The average molecular weight is 386 g/mol. The molecule has 1 heterocycles. The molecule has 3 rings (SSSR count). The molecule has 4 nitrogen and oxygen atoms in total. The van der Waals surface area contributed by atoms with E-state index < -0.39 is 11.6 Å². The minimum Gasteiger partial charge on any atom is -0.375 e. The zero-order valence-corrected chi connectivity index (χ0v) is 16.0. The Bertz CT molecular complexity index is 849. The molecule has 0 radical (unpaired) electrons. The number of hydrogen-bond acceptors (Lipinski definition) is 3. The van der Waals surface area contributed by atoms with Crippen molar-refractivity contribution in [1.82, 2.24) is 5.32 Å². The van der Waals surface area contributed by atoms with Crippen LogP contribution in [0.25, 0.3) is 6.08 Å². The monoisotopic (exact) mass is 386 g/mol. The van der Waals surface area contributed by atoms with Gasteiger partial charge in [0.15, 0.2) is 0 Å². The number of nitrogens with zero attached hydrogens (tertiary/aromatic N) is 1. The quantitative estimate of drug-likeness (QED) is 0.788. The molecule has 1 aliphatic rings. The third-order valence-electron chi connectivity index (χ3n) is 4.65. The zero-order chi connectivity index (χ0) is 20.1. The van der Waals surface area contributed by atoms with Crippen molar-refractivity contribution in [1.29, 1.82) is 0 Å². The summed E-state index contributed by atoms with van der Waals surface area (Å²) in [6.07, 6.45) is 2.85. The second kappa shape index (κ2) is 8.97. The van der Waals surface area contributed by atoms with Crippen LogP contribution in [0.5, 0.6) is 0 Å². The van der Waals surface area contributed by atoms with Gasteiger partial charge in [0.05, 0.1) is 18.8 Å². The summed E-state index contributed by atoms with van der Waals surface area (Å²) < 4.78 is 32.0. The lowest BCUT2D eigenvalue weighted by Crippen LogP contribution is -2.41. The van der Waals surface area contributed by atoms with E-state index in [4.69, 9.17) is 4.74 Å². The Labute approximate surface area is 163 Å². The number of morpholine rings is 1. The fourth-order valence-electron chi connectivity index (χ4n) is 3.23. The number of hydrogen-bond donors (Lipinski definition) is 1. The first kappa shape index (κ1) is 20.0. The smallest absolute Gasteiger partial charge is 0.244 e. The topological polar surface area (TPSA) is 41.6 Å². The van der Waals surface area contributed by atoms with Gasteiger partial charge in [-0.3, -0.25) is 4.79 Å². The number of benzene rings is 2. The molecule has 2 aromatic rings. The maximum absolute atomic E-state index is 13.2. The molecule has 1 saturated heterocycles. The van der Waals surface area contributed by atoms with Crippen LogP contribution in [0, 0.1) is 11.6 Å². The minimum absolute atomic E-state index is 0.187. The van der Waals surface area contributed by atoms with Crippen LogP contribution in [0.15, 0.2) is 48.5 Å². The third-order valence-corrected chi connectivity index (χ3v) is 4.65. The lowest BCUT2D eigenvalue weighted by Gasteiger charge is -2.33. The molecular formula is C22H24F2N2O2. The zero-order valence-electron chi connectivity index (χ0n) is 16.0. The van der Waals surface area contributed by atoms with Gasteiger partial charge >= 0.3 is 0 Å². The van der Waals surface area contributed by atoms with Crippen molar-refractivity contribution >= 4 is 17.7 Å². The summed E-state index contributed by atoms with van der Waals surface area (Å²) in [5, 5.41) is 2.88. The van der Waals surface area contributed by atoms with Gasteiger partial charge in [0, 0.05) is 30.9 Å². The van der Waals surface area contributed by atoms with Crippen LogP contribution >= 0.6 is 0 Å². The molecule has 2 aromatic carbocycles. The third kappa shape index (κ3) is 5.39. The van der Waals surface area contributed by atoms with Crippen LogP contribution in [0.1, 0.15) is 31.0 Å². The van der Waals surface area contributed by atoms with Gasteiger partial charge in [-0.15, -0.1) is 0 Å². The molecule has 148 valence electrons. The summed E-state index contributed by atoms with van der Waals surface area (Å²) in [4.78, 5) is 14.5. The molecule has 6 heteroatoms. The Morgan fingerprint density at radius 1 is 1.25 bits per heavy atom. The Morgan fingerprint density at radius 3 is 2.71 bits per heavy atom. The Balaban J connectivity index is 1.63. The summed E-state index contributed by atoms with van der Waals surface area (Å²) in [5.74, 6) is -1.69. The molecule has 1 unspecified atom stereocenters. The van der Waals surface area contributed by atoms with E-state index in [2.05, 4.69) is 29.3 Å². The Hall–Kier alpha value is -2.73. The van der Waals surface area contributed by atoms with Gasteiger partial charge in [0.25, 0.3) is 0 Å². The van der Waals surface area contributed by atoms with Crippen molar-refractivity contribution in [3.8, 4) is 0 Å². The predicted octanol–water partition coefficient (Wildman–Crippen LogP) is 4.08. The summed E-state index contributed by atoms with van der Waals surface area (Å²) in [6.45, 7) is 6.31. The van der Waals surface area contributed by atoms with E-state index >= 15 is 0 Å². The number of carbonyl (C=O) groups is 1. The Morgan fingerprint density at radius 2 is 2.00 bits per heavy atom. The van der Waals surface area contributed by atoms with Crippen molar-refractivity contribution in [2.75, 3.05) is 24.6 Å². The number of rotatable bonds is 5. The van der Waals surface area contributed by atoms with Crippen molar-refractivity contribution in [3.05, 3.63) is 71.3 Å². The summed E-state index contributed by atoms with van der Waals surface area (Å²) in [6, 6.07) is 11.0. The first-order valence-corrected chi connectivity index (χ1v) is 9.32. The Kier molecular flexibility index (Phi) is 6.41. The second-order valence-electron chi connectivity index (χ2n) is 6.99. The molecule has 2 atom stereocenters.